The lowest BCUT2D eigenvalue weighted by molar-refractivity contribution is -0.143. The van der Waals surface area contributed by atoms with Gasteiger partial charge in [0.15, 0.2) is 0 Å². The van der Waals surface area contributed by atoms with Gasteiger partial charge >= 0.3 is 5.97 Å². The zero-order chi connectivity index (χ0) is 15.6. The topological polar surface area (TPSA) is 86.7 Å². The molecule has 21 heavy (non-hydrogen) atoms. The molecule has 2 rings (SSSR count). The second-order valence-corrected chi connectivity index (χ2v) is 6.45. The quantitative estimate of drug-likeness (QED) is 0.810. The Hall–Kier alpha value is -1.59. The van der Waals surface area contributed by atoms with Crippen LogP contribution in [0.2, 0.25) is 0 Å². The van der Waals surface area contributed by atoms with Crippen LogP contribution in [-0.2, 0) is 14.4 Å². The van der Waals surface area contributed by atoms with Crippen molar-refractivity contribution >= 4 is 17.8 Å². The second-order valence-electron chi connectivity index (χ2n) is 6.45. The third-order valence-electron chi connectivity index (χ3n) is 4.52. The van der Waals surface area contributed by atoms with Crippen molar-refractivity contribution in [2.24, 2.45) is 11.8 Å². The second kappa shape index (κ2) is 6.45. The van der Waals surface area contributed by atoms with E-state index in [2.05, 4.69) is 5.32 Å². The Morgan fingerprint density at radius 2 is 2.00 bits per heavy atom. The van der Waals surface area contributed by atoms with E-state index in [9.17, 15) is 14.4 Å². The molecule has 1 saturated heterocycles. The van der Waals surface area contributed by atoms with E-state index >= 15 is 0 Å². The first-order valence-corrected chi connectivity index (χ1v) is 7.71. The fourth-order valence-corrected chi connectivity index (χ4v) is 3.27. The average molecular weight is 296 g/mol. The van der Waals surface area contributed by atoms with Crippen molar-refractivity contribution in [1.82, 2.24) is 10.2 Å². The molecular formula is C15H24N2O4. The van der Waals surface area contributed by atoms with Gasteiger partial charge in [-0.25, -0.2) is 0 Å². The van der Waals surface area contributed by atoms with E-state index in [1.807, 2.05) is 13.8 Å². The summed E-state index contributed by atoms with van der Waals surface area (Å²) in [5.74, 6) is -1.53. The van der Waals surface area contributed by atoms with E-state index in [0.717, 1.165) is 12.8 Å². The van der Waals surface area contributed by atoms with Crippen LogP contribution in [0.4, 0.5) is 0 Å². The lowest BCUT2D eigenvalue weighted by Crippen LogP contribution is -2.43. The van der Waals surface area contributed by atoms with E-state index in [4.69, 9.17) is 5.11 Å². The number of hydrogen-bond acceptors (Lipinski definition) is 3. The van der Waals surface area contributed by atoms with Gasteiger partial charge in [-0.15, -0.1) is 0 Å². The van der Waals surface area contributed by atoms with Gasteiger partial charge in [-0.2, -0.15) is 0 Å². The Bertz CT molecular complexity index is 435. The standard InChI is InChI=1S/C15H24N2O4/c1-9(2)17-8-11(7-13(17)18)14(19)16-12-5-3-4-10(6-12)15(20)21/h9-12H,3-8H2,1-2H3,(H,16,19)(H,20,21). The molecular weight excluding hydrogens is 272 g/mol. The maximum absolute atomic E-state index is 12.3. The zero-order valence-corrected chi connectivity index (χ0v) is 12.7. The molecule has 2 amide bonds. The summed E-state index contributed by atoms with van der Waals surface area (Å²) in [6.45, 7) is 4.35. The van der Waals surface area contributed by atoms with Crippen LogP contribution in [-0.4, -0.2) is 46.4 Å². The minimum Gasteiger partial charge on any atom is -0.481 e. The molecule has 3 atom stereocenters. The maximum Gasteiger partial charge on any atom is 0.306 e. The molecule has 3 unspecified atom stereocenters. The molecule has 118 valence electrons. The van der Waals surface area contributed by atoms with Gasteiger partial charge in [-0.05, 0) is 33.1 Å². The highest BCUT2D eigenvalue weighted by atomic mass is 16.4. The predicted molar refractivity (Wildman–Crippen MR) is 76.5 cm³/mol. The molecule has 6 nitrogen and oxygen atoms in total. The van der Waals surface area contributed by atoms with Crippen LogP contribution in [0.25, 0.3) is 0 Å². The van der Waals surface area contributed by atoms with Crippen LogP contribution in [0.1, 0.15) is 46.0 Å². The van der Waals surface area contributed by atoms with Gasteiger partial charge in [0.05, 0.1) is 11.8 Å². The molecule has 0 bridgehead atoms. The minimum absolute atomic E-state index is 0.0252. The van der Waals surface area contributed by atoms with E-state index in [0.29, 0.717) is 19.4 Å². The molecule has 1 aliphatic carbocycles. The van der Waals surface area contributed by atoms with Crippen molar-refractivity contribution in [1.29, 1.82) is 0 Å². The van der Waals surface area contributed by atoms with Crippen molar-refractivity contribution in [3.63, 3.8) is 0 Å². The maximum atomic E-state index is 12.3. The fraction of sp³-hybridized carbons (Fsp3) is 0.800. The number of aliphatic carboxylic acids is 1. The summed E-state index contributed by atoms with van der Waals surface area (Å²) >= 11 is 0. The molecule has 0 aromatic rings. The number of hydrogen-bond donors (Lipinski definition) is 2. The summed E-state index contributed by atoms with van der Waals surface area (Å²) < 4.78 is 0. The Morgan fingerprint density at radius 3 is 2.57 bits per heavy atom. The van der Waals surface area contributed by atoms with Gasteiger partial charge in [0.25, 0.3) is 0 Å². The van der Waals surface area contributed by atoms with Crippen molar-refractivity contribution in [2.45, 2.75) is 58.0 Å². The summed E-state index contributed by atoms with van der Waals surface area (Å²) in [6.07, 6.45) is 3.09. The molecule has 1 heterocycles. The van der Waals surface area contributed by atoms with Gasteiger partial charge in [0.2, 0.25) is 11.8 Å². The lowest BCUT2D eigenvalue weighted by atomic mass is 9.85. The van der Waals surface area contributed by atoms with E-state index in [1.165, 1.54) is 0 Å². The van der Waals surface area contributed by atoms with Gasteiger partial charge in [-0.1, -0.05) is 6.42 Å². The Kier molecular flexibility index (Phi) is 4.85. The van der Waals surface area contributed by atoms with Gasteiger partial charge in [0, 0.05) is 25.0 Å². The Morgan fingerprint density at radius 1 is 1.29 bits per heavy atom. The smallest absolute Gasteiger partial charge is 0.306 e. The monoisotopic (exact) mass is 296 g/mol. The number of likely N-dealkylation sites (tertiary alicyclic amines) is 1. The number of carboxylic acids is 1. The van der Waals surface area contributed by atoms with Crippen LogP contribution in [0.15, 0.2) is 0 Å². The summed E-state index contributed by atoms with van der Waals surface area (Å²) in [5.41, 5.74) is 0. The molecule has 1 aliphatic heterocycles. The van der Waals surface area contributed by atoms with Gasteiger partial charge in [0.1, 0.15) is 0 Å². The number of carbonyl (C=O) groups is 3. The molecule has 6 heteroatoms. The highest BCUT2D eigenvalue weighted by Crippen LogP contribution is 2.26. The van der Waals surface area contributed by atoms with Crippen molar-refractivity contribution in [3.05, 3.63) is 0 Å². The Balaban J connectivity index is 1.87. The predicted octanol–water partition coefficient (Wildman–Crippen LogP) is 1.00. The fourth-order valence-electron chi connectivity index (χ4n) is 3.27. The Labute approximate surface area is 124 Å². The number of nitrogens with zero attached hydrogens (tertiary/aromatic N) is 1. The van der Waals surface area contributed by atoms with Crippen molar-refractivity contribution in [3.8, 4) is 0 Å². The lowest BCUT2D eigenvalue weighted by Gasteiger charge is -2.28. The first kappa shape index (κ1) is 15.8. The first-order chi connectivity index (χ1) is 9.88. The molecule has 0 spiro atoms. The van der Waals surface area contributed by atoms with Crippen LogP contribution >= 0.6 is 0 Å². The average Bonchev–Trinajstić information content (AvgIpc) is 2.81. The summed E-state index contributed by atoms with van der Waals surface area (Å²) in [7, 11) is 0. The summed E-state index contributed by atoms with van der Waals surface area (Å²) in [6, 6.07) is 0.0388. The molecule has 2 aliphatic rings. The van der Waals surface area contributed by atoms with Crippen molar-refractivity contribution < 1.29 is 19.5 Å². The number of rotatable bonds is 4. The molecule has 0 radical (unpaired) electrons. The van der Waals surface area contributed by atoms with E-state index in [1.54, 1.807) is 4.90 Å². The van der Waals surface area contributed by atoms with Crippen LogP contribution in [0.3, 0.4) is 0 Å². The number of nitrogens with one attached hydrogen (secondary N) is 1. The SMILES string of the molecule is CC(C)N1CC(C(=O)NC2CCCC(C(=O)O)C2)CC1=O. The van der Waals surface area contributed by atoms with Gasteiger partial charge in [-0.3, -0.25) is 14.4 Å². The minimum atomic E-state index is -0.782. The third kappa shape index (κ3) is 3.74. The molecule has 1 saturated carbocycles. The highest BCUT2D eigenvalue weighted by molar-refractivity contribution is 5.89. The van der Waals surface area contributed by atoms with E-state index < -0.39 is 5.97 Å². The zero-order valence-electron chi connectivity index (χ0n) is 12.7. The van der Waals surface area contributed by atoms with Crippen LogP contribution in [0.5, 0.6) is 0 Å². The molecule has 2 N–H and O–H groups in total. The highest BCUT2D eigenvalue weighted by Gasteiger charge is 2.37. The van der Waals surface area contributed by atoms with Gasteiger partial charge < -0.3 is 15.3 Å². The van der Waals surface area contributed by atoms with Crippen LogP contribution in [0, 0.1) is 11.8 Å². The normalized spacial score (nSPS) is 29.8. The van der Waals surface area contributed by atoms with Crippen molar-refractivity contribution in [2.75, 3.05) is 6.54 Å². The molecule has 0 aromatic carbocycles. The molecule has 2 fully saturated rings. The first-order valence-electron chi connectivity index (χ1n) is 7.71. The number of carbonyl (C=O) groups excluding carboxylic acids is 2. The summed E-state index contributed by atoms with van der Waals surface area (Å²) in [5, 5.41) is 12.0. The van der Waals surface area contributed by atoms with Crippen LogP contribution < -0.4 is 5.32 Å². The third-order valence-corrected chi connectivity index (χ3v) is 4.52. The van der Waals surface area contributed by atoms with E-state index in [-0.39, 0.29) is 42.2 Å². The summed E-state index contributed by atoms with van der Waals surface area (Å²) in [4.78, 5) is 36.9. The number of amides is 2. The number of carboxylic acid groups (broad SMARTS) is 1. The molecule has 0 aromatic heterocycles. The largest absolute Gasteiger partial charge is 0.481 e.